The first-order valence-electron chi connectivity index (χ1n) is 5.45. The maximum atomic E-state index is 5.96. The quantitative estimate of drug-likeness (QED) is 0.869. The van der Waals surface area contributed by atoms with Crippen LogP contribution in [0.15, 0.2) is 58.3 Å². The van der Waals surface area contributed by atoms with Crippen LogP contribution in [0.3, 0.4) is 0 Å². The van der Waals surface area contributed by atoms with Gasteiger partial charge in [-0.05, 0) is 42.8 Å². The van der Waals surface area contributed by atoms with Crippen LogP contribution in [0.5, 0.6) is 0 Å². The van der Waals surface area contributed by atoms with Crippen LogP contribution in [0, 0.1) is 0 Å². The highest BCUT2D eigenvalue weighted by atomic mass is 35.5. The molecule has 0 heterocycles. The van der Waals surface area contributed by atoms with Crippen LogP contribution >= 0.6 is 35.8 Å². The number of hydrogen-bond donors (Lipinski definition) is 1. The standard InChI is InChI=1S/C14H14ClNS.ClH/c1-10(16)13-4-2-3-5-14(13)17-12-8-6-11(15)7-9-12;/h2-10H,16H2,1H3;1H/t10-;/m0./s1. The van der Waals surface area contributed by atoms with Crippen molar-refractivity contribution in [2.24, 2.45) is 5.73 Å². The molecule has 1 nitrogen and oxygen atoms in total. The van der Waals surface area contributed by atoms with E-state index in [4.69, 9.17) is 17.3 Å². The highest BCUT2D eigenvalue weighted by Crippen LogP contribution is 2.33. The van der Waals surface area contributed by atoms with E-state index >= 15 is 0 Å². The van der Waals surface area contributed by atoms with Crippen molar-refractivity contribution in [3.8, 4) is 0 Å². The van der Waals surface area contributed by atoms with Crippen molar-refractivity contribution in [1.82, 2.24) is 0 Å². The van der Waals surface area contributed by atoms with Crippen LogP contribution < -0.4 is 5.73 Å². The number of rotatable bonds is 3. The fourth-order valence-corrected chi connectivity index (χ4v) is 2.75. The lowest BCUT2D eigenvalue weighted by Gasteiger charge is -2.11. The Kier molecular flexibility index (Phi) is 6.03. The van der Waals surface area contributed by atoms with E-state index in [9.17, 15) is 0 Å². The van der Waals surface area contributed by atoms with Crippen molar-refractivity contribution in [3.63, 3.8) is 0 Å². The zero-order valence-corrected chi connectivity index (χ0v) is 12.4. The molecule has 0 aliphatic heterocycles. The number of benzene rings is 2. The molecule has 0 aliphatic carbocycles. The first-order chi connectivity index (χ1) is 8.16. The molecule has 2 rings (SSSR count). The van der Waals surface area contributed by atoms with E-state index in [0.29, 0.717) is 0 Å². The minimum absolute atomic E-state index is 0. The average Bonchev–Trinajstić information content (AvgIpc) is 2.32. The van der Waals surface area contributed by atoms with Crippen LogP contribution in [-0.4, -0.2) is 0 Å². The second kappa shape index (κ2) is 7.05. The molecule has 18 heavy (non-hydrogen) atoms. The second-order valence-electron chi connectivity index (χ2n) is 3.88. The lowest BCUT2D eigenvalue weighted by atomic mass is 10.1. The van der Waals surface area contributed by atoms with E-state index < -0.39 is 0 Å². The van der Waals surface area contributed by atoms with Gasteiger partial charge in [0.15, 0.2) is 0 Å². The maximum absolute atomic E-state index is 5.96. The molecule has 0 saturated heterocycles. The highest BCUT2D eigenvalue weighted by molar-refractivity contribution is 7.99. The molecule has 0 amide bonds. The zero-order chi connectivity index (χ0) is 12.3. The molecule has 0 fully saturated rings. The average molecular weight is 300 g/mol. The van der Waals surface area contributed by atoms with Crippen LogP contribution in [0.4, 0.5) is 0 Å². The Bertz CT molecular complexity index is 497. The first kappa shape index (κ1) is 15.4. The summed E-state index contributed by atoms with van der Waals surface area (Å²) in [5.74, 6) is 0. The summed E-state index contributed by atoms with van der Waals surface area (Å²) >= 11 is 7.58. The lowest BCUT2D eigenvalue weighted by Crippen LogP contribution is -2.05. The molecule has 0 aromatic heterocycles. The Morgan fingerprint density at radius 3 is 2.28 bits per heavy atom. The number of hydrogen-bond acceptors (Lipinski definition) is 2. The summed E-state index contributed by atoms with van der Waals surface area (Å²) in [5.41, 5.74) is 7.13. The van der Waals surface area contributed by atoms with Crippen molar-refractivity contribution in [1.29, 1.82) is 0 Å². The SMILES string of the molecule is C[C@H](N)c1ccccc1Sc1ccc(Cl)cc1.Cl. The molecule has 0 radical (unpaired) electrons. The van der Waals surface area contributed by atoms with Gasteiger partial charge in [-0.25, -0.2) is 0 Å². The third kappa shape index (κ3) is 3.92. The van der Waals surface area contributed by atoms with Gasteiger partial charge < -0.3 is 5.73 Å². The van der Waals surface area contributed by atoms with Crippen molar-refractivity contribution in [2.75, 3.05) is 0 Å². The molecule has 4 heteroatoms. The molecule has 2 N–H and O–H groups in total. The van der Waals surface area contributed by atoms with Crippen LogP contribution in [0.1, 0.15) is 18.5 Å². The van der Waals surface area contributed by atoms with Gasteiger partial charge in [-0.15, -0.1) is 12.4 Å². The van der Waals surface area contributed by atoms with Gasteiger partial charge >= 0.3 is 0 Å². The summed E-state index contributed by atoms with van der Waals surface area (Å²) in [6, 6.07) is 16.1. The molecule has 0 bridgehead atoms. The van der Waals surface area contributed by atoms with E-state index in [0.717, 1.165) is 5.02 Å². The molecular formula is C14H15Cl2NS. The monoisotopic (exact) mass is 299 g/mol. The topological polar surface area (TPSA) is 26.0 Å². The molecule has 1 atom stereocenters. The summed E-state index contributed by atoms with van der Waals surface area (Å²) < 4.78 is 0. The Balaban J connectivity index is 0.00000162. The van der Waals surface area contributed by atoms with Gasteiger partial charge in [-0.3, -0.25) is 0 Å². The zero-order valence-electron chi connectivity index (χ0n) is 9.97. The third-order valence-electron chi connectivity index (χ3n) is 2.45. The molecule has 0 spiro atoms. The van der Waals surface area contributed by atoms with E-state index in [1.54, 1.807) is 11.8 Å². The molecule has 0 unspecified atom stereocenters. The van der Waals surface area contributed by atoms with Gasteiger partial charge in [0.05, 0.1) is 0 Å². The lowest BCUT2D eigenvalue weighted by molar-refractivity contribution is 0.797. The van der Waals surface area contributed by atoms with E-state index in [1.165, 1.54) is 15.4 Å². The minimum Gasteiger partial charge on any atom is -0.324 e. The van der Waals surface area contributed by atoms with E-state index in [1.807, 2.05) is 43.3 Å². The van der Waals surface area contributed by atoms with E-state index in [2.05, 4.69) is 12.1 Å². The third-order valence-corrected chi connectivity index (χ3v) is 3.80. The fraction of sp³-hybridized carbons (Fsp3) is 0.143. The molecule has 0 aliphatic rings. The number of nitrogens with two attached hydrogens (primary N) is 1. The highest BCUT2D eigenvalue weighted by Gasteiger charge is 2.07. The first-order valence-corrected chi connectivity index (χ1v) is 6.64. The summed E-state index contributed by atoms with van der Waals surface area (Å²) in [5, 5.41) is 0.759. The Hall–Kier alpha value is -0.670. The van der Waals surface area contributed by atoms with Crippen LogP contribution in [0.25, 0.3) is 0 Å². The van der Waals surface area contributed by atoms with Crippen molar-refractivity contribution >= 4 is 35.8 Å². The maximum Gasteiger partial charge on any atom is 0.0406 e. The Morgan fingerprint density at radius 1 is 1.06 bits per heavy atom. The van der Waals surface area contributed by atoms with Gasteiger partial charge in [0.1, 0.15) is 0 Å². The van der Waals surface area contributed by atoms with Gasteiger partial charge in [-0.1, -0.05) is 41.6 Å². The molecule has 2 aromatic rings. The summed E-state index contributed by atoms with van der Waals surface area (Å²) in [6.07, 6.45) is 0. The molecule has 2 aromatic carbocycles. The summed E-state index contributed by atoms with van der Waals surface area (Å²) in [6.45, 7) is 2.00. The predicted molar refractivity (Wildman–Crippen MR) is 81.9 cm³/mol. The second-order valence-corrected chi connectivity index (χ2v) is 5.43. The molecule has 0 saturated carbocycles. The van der Waals surface area contributed by atoms with Gasteiger partial charge in [0.2, 0.25) is 0 Å². The summed E-state index contributed by atoms with van der Waals surface area (Å²) in [4.78, 5) is 2.37. The Morgan fingerprint density at radius 2 is 1.67 bits per heavy atom. The van der Waals surface area contributed by atoms with Gasteiger partial charge in [0, 0.05) is 20.9 Å². The van der Waals surface area contributed by atoms with Gasteiger partial charge in [-0.2, -0.15) is 0 Å². The molecule has 96 valence electrons. The smallest absolute Gasteiger partial charge is 0.0406 e. The Labute approximate surface area is 123 Å². The van der Waals surface area contributed by atoms with Crippen molar-refractivity contribution in [3.05, 3.63) is 59.1 Å². The van der Waals surface area contributed by atoms with E-state index in [-0.39, 0.29) is 18.4 Å². The van der Waals surface area contributed by atoms with Crippen molar-refractivity contribution in [2.45, 2.75) is 22.8 Å². The number of halogens is 2. The summed E-state index contributed by atoms with van der Waals surface area (Å²) in [7, 11) is 0. The van der Waals surface area contributed by atoms with Crippen molar-refractivity contribution < 1.29 is 0 Å². The molecular weight excluding hydrogens is 285 g/mol. The normalized spacial score (nSPS) is 11.7. The van der Waals surface area contributed by atoms with Crippen LogP contribution in [0.2, 0.25) is 5.02 Å². The van der Waals surface area contributed by atoms with Gasteiger partial charge in [0.25, 0.3) is 0 Å². The largest absolute Gasteiger partial charge is 0.324 e. The predicted octanol–water partition coefficient (Wildman–Crippen LogP) is 4.93. The fourth-order valence-electron chi connectivity index (χ4n) is 1.58. The minimum atomic E-state index is 0. The van der Waals surface area contributed by atoms with Crippen LogP contribution in [-0.2, 0) is 0 Å².